The van der Waals surface area contributed by atoms with Gasteiger partial charge in [-0.2, -0.15) is 0 Å². The van der Waals surface area contributed by atoms with Crippen LogP contribution in [0.2, 0.25) is 0 Å². The van der Waals surface area contributed by atoms with E-state index in [1.54, 1.807) is 0 Å². The lowest BCUT2D eigenvalue weighted by atomic mass is 9.97. The summed E-state index contributed by atoms with van der Waals surface area (Å²) in [5.41, 5.74) is 1.21. The van der Waals surface area contributed by atoms with E-state index >= 15 is 0 Å². The molecule has 1 fully saturated rings. The van der Waals surface area contributed by atoms with Gasteiger partial charge in [-0.3, -0.25) is 4.90 Å². The van der Waals surface area contributed by atoms with E-state index in [2.05, 4.69) is 43.0 Å². The van der Waals surface area contributed by atoms with E-state index in [9.17, 15) is 0 Å². The molecule has 0 saturated carbocycles. The summed E-state index contributed by atoms with van der Waals surface area (Å²) in [6.07, 6.45) is 2.63. The van der Waals surface area contributed by atoms with Crippen molar-refractivity contribution in [3.05, 3.63) is 15.6 Å². The Kier molecular flexibility index (Phi) is 4.76. The summed E-state index contributed by atoms with van der Waals surface area (Å²) in [6, 6.07) is 0.492. The molecule has 0 aromatic carbocycles. The van der Waals surface area contributed by atoms with Crippen molar-refractivity contribution < 1.29 is 0 Å². The van der Waals surface area contributed by atoms with Gasteiger partial charge in [-0.1, -0.05) is 0 Å². The number of aryl methyl sites for hydroxylation is 2. The van der Waals surface area contributed by atoms with Gasteiger partial charge in [0.05, 0.1) is 10.7 Å². The van der Waals surface area contributed by atoms with Gasteiger partial charge in [-0.15, -0.1) is 11.3 Å². The Balaban J connectivity index is 1.95. The van der Waals surface area contributed by atoms with E-state index in [1.807, 2.05) is 11.3 Å². The highest BCUT2D eigenvalue weighted by molar-refractivity contribution is 7.11. The molecule has 2 heterocycles. The van der Waals surface area contributed by atoms with Gasteiger partial charge in [0.25, 0.3) is 0 Å². The summed E-state index contributed by atoms with van der Waals surface area (Å²) in [5, 5.41) is 4.62. The minimum Gasteiger partial charge on any atom is -0.317 e. The molecule has 102 valence electrons. The van der Waals surface area contributed by atoms with Crippen molar-refractivity contribution >= 4 is 11.3 Å². The van der Waals surface area contributed by atoms with Gasteiger partial charge >= 0.3 is 0 Å². The zero-order chi connectivity index (χ0) is 13.1. The van der Waals surface area contributed by atoms with Gasteiger partial charge in [-0.05, 0) is 59.7 Å². The van der Waals surface area contributed by atoms with Gasteiger partial charge in [-0.25, -0.2) is 4.98 Å². The fourth-order valence-electron chi connectivity index (χ4n) is 2.76. The van der Waals surface area contributed by atoms with Crippen molar-refractivity contribution in [3.8, 4) is 0 Å². The van der Waals surface area contributed by atoms with Gasteiger partial charge in [0.15, 0.2) is 0 Å². The number of hydrogen-bond acceptors (Lipinski definition) is 4. The Labute approximate surface area is 115 Å². The summed E-state index contributed by atoms with van der Waals surface area (Å²) < 4.78 is 0. The molecule has 0 bridgehead atoms. The highest BCUT2D eigenvalue weighted by atomic mass is 32.1. The maximum absolute atomic E-state index is 4.54. The van der Waals surface area contributed by atoms with Gasteiger partial charge < -0.3 is 5.32 Å². The molecule has 1 atom stereocenters. The summed E-state index contributed by atoms with van der Waals surface area (Å²) >= 11 is 1.85. The van der Waals surface area contributed by atoms with Gasteiger partial charge in [0.1, 0.15) is 0 Å². The Morgan fingerprint density at radius 1 is 1.39 bits per heavy atom. The first-order chi connectivity index (χ1) is 8.58. The van der Waals surface area contributed by atoms with Crippen molar-refractivity contribution in [2.75, 3.05) is 26.7 Å². The van der Waals surface area contributed by atoms with E-state index in [-0.39, 0.29) is 0 Å². The first-order valence-electron chi connectivity index (χ1n) is 6.92. The zero-order valence-electron chi connectivity index (χ0n) is 12.0. The lowest BCUT2D eigenvalue weighted by molar-refractivity contribution is 0.198. The molecule has 1 aromatic rings. The lowest BCUT2D eigenvalue weighted by Gasteiger charge is -2.31. The molecule has 18 heavy (non-hydrogen) atoms. The molecule has 1 aromatic heterocycles. The van der Waals surface area contributed by atoms with Crippen molar-refractivity contribution in [1.29, 1.82) is 0 Å². The average Bonchev–Trinajstić information content (AvgIpc) is 2.68. The van der Waals surface area contributed by atoms with Crippen molar-refractivity contribution in [1.82, 2.24) is 15.2 Å². The fraction of sp³-hybridized carbons (Fsp3) is 0.786. The van der Waals surface area contributed by atoms with Gasteiger partial charge in [0.2, 0.25) is 0 Å². The molecular weight excluding hydrogens is 242 g/mol. The quantitative estimate of drug-likeness (QED) is 0.909. The van der Waals surface area contributed by atoms with Crippen molar-refractivity contribution in [3.63, 3.8) is 0 Å². The third-order valence-electron chi connectivity index (χ3n) is 3.98. The molecule has 2 rings (SSSR count). The minimum absolute atomic E-state index is 0.492. The predicted octanol–water partition coefficient (Wildman–Crippen LogP) is 2.75. The van der Waals surface area contributed by atoms with Crippen LogP contribution >= 0.6 is 11.3 Å². The highest BCUT2D eigenvalue weighted by Gasteiger charge is 2.21. The molecule has 0 radical (unpaired) electrons. The number of thiazole rings is 1. The number of piperidine rings is 1. The Bertz CT molecular complexity index is 382. The zero-order valence-corrected chi connectivity index (χ0v) is 12.8. The Hall–Kier alpha value is -0.450. The average molecular weight is 267 g/mol. The lowest BCUT2D eigenvalue weighted by Crippen LogP contribution is -2.35. The second-order valence-electron chi connectivity index (χ2n) is 5.49. The van der Waals surface area contributed by atoms with E-state index in [1.165, 1.54) is 48.1 Å². The monoisotopic (exact) mass is 267 g/mol. The van der Waals surface area contributed by atoms with Crippen molar-refractivity contribution in [2.24, 2.45) is 5.92 Å². The molecule has 3 nitrogen and oxygen atoms in total. The topological polar surface area (TPSA) is 28.2 Å². The first-order valence-corrected chi connectivity index (χ1v) is 7.74. The third-order valence-corrected chi connectivity index (χ3v) is 5.23. The predicted molar refractivity (Wildman–Crippen MR) is 78.2 cm³/mol. The second kappa shape index (κ2) is 6.13. The highest BCUT2D eigenvalue weighted by Crippen LogP contribution is 2.29. The van der Waals surface area contributed by atoms with Crippen LogP contribution in [0.1, 0.15) is 41.4 Å². The maximum Gasteiger partial charge on any atom is 0.0900 e. The molecule has 0 unspecified atom stereocenters. The normalized spacial score (nSPS) is 19.4. The smallest absolute Gasteiger partial charge is 0.0900 e. The summed E-state index contributed by atoms with van der Waals surface area (Å²) in [4.78, 5) is 8.47. The number of nitrogens with one attached hydrogen (secondary N) is 1. The van der Waals surface area contributed by atoms with Crippen LogP contribution < -0.4 is 5.32 Å². The van der Waals surface area contributed by atoms with Crippen LogP contribution in [0.3, 0.4) is 0 Å². The number of hydrogen-bond donors (Lipinski definition) is 1. The van der Waals surface area contributed by atoms with E-state index in [0.29, 0.717) is 6.04 Å². The van der Waals surface area contributed by atoms with Crippen LogP contribution in [0.5, 0.6) is 0 Å². The summed E-state index contributed by atoms with van der Waals surface area (Å²) in [7, 11) is 2.25. The van der Waals surface area contributed by atoms with E-state index in [4.69, 9.17) is 0 Å². The second-order valence-corrected chi connectivity index (χ2v) is 6.73. The summed E-state index contributed by atoms with van der Waals surface area (Å²) in [5.74, 6) is 0.855. The number of rotatable bonds is 4. The molecule has 4 heteroatoms. The molecule has 1 aliphatic heterocycles. The molecule has 1 N–H and O–H groups in total. The summed E-state index contributed by atoms with van der Waals surface area (Å²) in [6.45, 7) is 10.1. The SMILES string of the molecule is Cc1nc(C)c([C@H](C)N(C)CC2CCNCC2)s1. The Morgan fingerprint density at radius 3 is 2.61 bits per heavy atom. The minimum atomic E-state index is 0.492. The van der Waals surface area contributed by atoms with Crippen LogP contribution in [0.4, 0.5) is 0 Å². The van der Waals surface area contributed by atoms with Crippen LogP contribution in [0.25, 0.3) is 0 Å². The van der Waals surface area contributed by atoms with E-state index in [0.717, 1.165) is 5.92 Å². The molecular formula is C14H25N3S. The standard InChI is InChI=1S/C14H25N3S/c1-10-14(18-12(3)16-10)11(2)17(4)9-13-5-7-15-8-6-13/h11,13,15H,5-9H2,1-4H3/t11-/m0/s1. The molecule has 1 aliphatic rings. The van der Waals surface area contributed by atoms with Crippen LogP contribution in [-0.2, 0) is 0 Å². The molecule has 1 saturated heterocycles. The number of nitrogens with zero attached hydrogens (tertiary/aromatic N) is 2. The third kappa shape index (κ3) is 3.31. The maximum atomic E-state index is 4.54. The molecule has 0 amide bonds. The van der Waals surface area contributed by atoms with Crippen LogP contribution in [-0.4, -0.2) is 36.6 Å². The number of aromatic nitrogens is 1. The molecule has 0 aliphatic carbocycles. The van der Waals surface area contributed by atoms with Gasteiger partial charge in [0, 0.05) is 17.5 Å². The van der Waals surface area contributed by atoms with Crippen LogP contribution in [0, 0.1) is 19.8 Å². The first kappa shape index (κ1) is 14.0. The van der Waals surface area contributed by atoms with E-state index < -0.39 is 0 Å². The largest absolute Gasteiger partial charge is 0.317 e. The van der Waals surface area contributed by atoms with Crippen LogP contribution in [0.15, 0.2) is 0 Å². The van der Waals surface area contributed by atoms with Crippen molar-refractivity contribution in [2.45, 2.75) is 39.7 Å². The molecule has 0 spiro atoms. The Morgan fingerprint density at radius 2 is 2.06 bits per heavy atom. The fourth-order valence-corrected chi connectivity index (χ4v) is 3.81.